The van der Waals surface area contributed by atoms with Crippen molar-refractivity contribution < 1.29 is 14.0 Å². The number of aryl methyl sites for hydroxylation is 1. The van der Waals surface area contributed by atoms with Crippen LogP contribution in [0.4, 0.5) is 10.1 Å². The number of nitrogens with zero attached hydrogens (tertiary/aromatic N) is 4. The standard InChI is InChI=1S/C23H26FN5O2/c1-14-10-18(24)11-19-20(14)27-13-17(12-25)21(19)28-6-4-16(5-7-28)23(31)29-8-2-15(3-9-29)22(26)30/h10-11,13,15-16H,2-9H2,1H3,(H2,26,30). The van der Waals surface area contributed by atoms with Crippen molar-refractivity contribution >= 4 is 28.4 Å². The van der Waals surface area contributed by atoms with Gasteiger partial charge in [-0.3, -0.25) is 14.6 Å². The second-order valence-electron chi connectivity index (χ2n) is 8.51. The molecule has 3 heterocycles. The number of carbonyl (C=O) groups excluding carboxylic acids is 2. The highest BCUT2D eigenvalue weighted by atomic mass is 19.1. The number of piperidine rings is 2. The second kappa shape index (κ2) is 8.50. The van der Waals surface area contributed by atoms with Gasteiger partial charge < -0.3 is 15.5 Å². The molecule has 2 saturated heterocycles. The first-order chi connectivity index (χ1) is 14.9. The number of rotatable bonds is 3. The Labute approximate surface area is 180 Å². The molecule has 2 amide bonds. The van der Waals surface area contributed by atoms with Crippen LogP contribution in [0.15, 0.2) is 18.3 Å². The van der Waals surface area contributed by atoms with Crippen LogP contribution < -0.4 is 10.6 Å². The number of hydrogen-bond donors (Lipinski definition) is 1. The van der Waals surface area contributed by atoms with Gasteiger partial charge >= 0.3 is 0 Å². The molecule has 2 fully saturated rings. The summed E-state index contributed by atoms with van der Waals surface area (Å²) in [5.41, 5.74) is 7.91. The fourth-order valence-corrected chi connectivity index (χ4v) is 4.84. The summed E-state index contributed by atoms with van der Waals surface area (Å²) in [5, 5.41) is 10.2. The molecular formula is C23H26FN5O2. The molecule has 1 aromatic heterocycles. The Morgan fingerprint density at radius 3 is 2.39 bits per heavy atom. The maximum Gasteiger partial charge on any atom is 0.225 e. The van der Waals surface area contributed by atoms with E-state index in [0.29, 0.717) is 74.0 Å². The summed E-state index contributed by atoms with van der Waals surface area (Å²) in [6, 6.07) is 5.06. The first-order valence-corrected chi connectivity index (χ1v) is 10.7. The second-order valence-corrected chi connectivity index (χ2v) is 8.51. The predicted octanol–water partition coefficient (Wildman–Crippen LogP) is 2.49. The monoisotopic (exact) mass is 423 g/mol. The third-order valence-electron chi connectivity index (χ3n) is 6.59. The Hall–Kier alpha value is -3.21. The summed E-state index contributed by atoms with van der Waals surface area (Å²) in [4.78, 5) is 32.6. The van der Waals surface area contributed by atoms with Crippen LogP contribution in [-0.4, -0.2) is 47.9 Å². The van der Waals surface area contributed by atoms with Gasteiger partial charge in [0.2, 0.25) is 11.8 Å². The molecule has 2 aliphatic rings. The third kappa shape index (κ3) is 4.05. The van der Waals surface area contributed by atoms with Crippen LogP contribution in [0.5, 0.6) is 0 Å². The van der Waals surface area contributed by atoms with Crippen molar-refractivity contribution in [2.75, 3.05) is 31.1 Å². The minimum Gasteiger partial charge on any atom is -0.370 e. The number of hydrogen-bond acceptors (Lipinski definition) is 5. The fourth-order valence-electron chi connectivity index (χ4n) is 4.84. The maximum atomic E-state index is 14.1. The minimum absolute atomic E-state index is 0.0847. The largest absolute Gasteiger partial charge is 0.370 e. The number of aromatic nitrogens is 1. The summed E-state index contributed by atoms with van der Waals surface area (Å²) in [6.07, 6.45) is 4.12. The van der Waals surface area contributed by atoms with E-state index in [0.717, 1.165) is 5.56 Å². The van der Waals surface area contributed by atoms with E-state index in [-0.39, 0.29) is 29.5 Å². The third-order valence-corrected chi connectivity index (χ3v) is 6.59. The highest BCUT2D eigenvalue weighted by Crippen LogP contribution is 2.34. The summed E-state index contributed by atoms with van der Waals surface area (Å²) in [6.45, 7) is 4.16. The predicted molar refractivity (Wildman–Crippen MR) is 115 cm³/mol. The molecule has 0 bridgehead atoms. The van der Waals surface area contributed by atoms with Gasteiger partial charge in [0.1, 0.15) is 11.9 Å². The van der Waals surface area contributed by atoms with Crippen LogP contribution in [0.25, 0.3) is 10.9 Å². The Kier molecular flexibility index (Phi) is 5.77. The molecule has 7 nitrogen and oxygen atoms in total. The van der Waals surface area contributed by atoms with Gasteiger partial charge in [0.15, 0.2) is 0 Å². The van der Waals surface area contributed by atoms with E-state index in [2.05, 4.69) is 16.0 Å². The molecule has 1 aromatic carbocycles. The van der Waals surface area contributed by atoms with Crippen molar-refractivity contribution in [3.63, 3.8) is 0 Å². The number of amides is 2. The lowest BCUT2D eigenvalue weighted by molar-refractivity contribution is -0.139. The molecule has 2 N–H and O–H groups in total. The molecule has 0 atom stereocenters. The number of anilines is 1. The molecule has 31 heavy (non-hydrogen) atoms. The Morgan fingerprint density at radius 1 is 1.13 bits per heavy atom. The van der Waals surface area contributed by atoms with Crippen LogP contribution in [0, 0.1) is 35.9 Å². The number of pyridine rings is 1. The van der Waals surface area contributed by atoms with E-state index >= 15 is 0 Å². The zero-order valence-electron chi connectivity index (χ0n) is 17.6. The van der Waals surface area contributed by atoms with Gasteiger partial charge in [0, 0.05) is 49.6 Å². The average molecular weight is 423 g/mol. The van der Waals surface area contributed by atoms with Crippen LogP contribution in [0.2, 0.25) is 0 Å². The normalized spacial score (nSPS) is 18.2. The maximum absolute atomic E-state index is 14.1. The van der Waals surface area contributed by atoms with Gasteiger partial charge in [0.25, 0.3) is 0 Å². The minimum atomic E-state index is -0.354. The van der Waals surface area contributed by atoms with E-state index in [1.165, 1.54) is 12.1 Å². The van der Waals surface area contributed by atoms with E-state index in [4.69, 9.17) is 5.73 Å². The van der Waals surface area contributed by atoms with Crippen molar-refractivity contribution in [1.29, 1.82) is 5.26 Å². The summed E-state index contributed by atoms with van der Waals surface area (Å²) in [5.74, 6) is -0.736. The van der Waals surface area contributed by atoms with Crippen molar-refractivity contribution in [3.05, 3.63) is 35.3 Å². The summed E-state index contributed by atoms with van der Waals surface area (Å²) in [7, 11) is 0. The lowest BCUT2D eigenvalue weighted by Crippen LogP contribution is -2.47. The van der Waals surface area contributed by atoms with Gasteiger partial charge in [-0.15, -0.1) is 0 Å². The topological polar surface area (TPSA) is 103 Å². The number of carbonyl (C=O) groups is 2. The van der Waals surface area contributed by atoms with Crippen LogP contribution in [0.1, 0.15) is 36.8 Å². The van der Waals surface area contributed by atoms with Gasteiger partial charge in [-0.25, -0.2) is 4.39 Å². The summed E-state index contributed by atoms with van der Waals surface area (Å²) >= 11 is 0. The Morgan fingerprint density at radius 2 is 1.77 bits per heavy atom. The van der Waals surface area contributed by atoms with Crippen molar-refractivity contribution in [2.24, 2.45) is 17.6 Å². The quantitative estimate of drug-likeness (QED) is 0.817. The molecule has 0 spiro atoms. The van der Waals surface area contributed by atoms with E-state index in [1.807, 2.05) is 4.90 Å². The van der Waals surface area contributed by atoms with E-state index in [9.17, 15) is 19.2 Å². The number of likely N-dealkylation sites (tertiary alicyclic amines) is 1. The molecule has 0 saturated carbocycles. The fraction of sp³-hybridized carbons (Fsp3) is 0.478. The highest BCUT2D eigenvalue weighted by Gasteiger charge is 2.33. The van der Waals surface area contributed by atoms with Gasteiger partial charge in [-0.05, 0) is 50.3 Å². The van der Waals surface area contributed by atoms with Crippen LogP contribution >= 0.6 is 0 Å². The van der Waals surface area contributed by atoms with Crippen molar-refractivity contribution in [3.8, 4) is 6.07 Å². The molecule has 0 unspecified atom stereocenters. The molecule has 2 aromatic rings. The lowest BCUT2D eigenvalue weighted by atomic mass is 9.91. The van der Waals surface area contributed by atoms with E-state index in [1.54, 1.807) is 13.1 Å². The number of halogens is 1. The average Bonchev–Trinajstić information content (AvgIpc) is 2.78. The molecule has 4 rings (SSSR count). The molecule has 0 radical (unpaired) electrons. The lowest BCUT2D eigenvalue weighted by Gasteiger charge is -2.38. The number of nitrogens with two attached hydrogens (primary N) is 1. The zero-order valence-corrected chi connectivity index (χ0v) is 17.6. The van der Waals surface area contributed by atoms with Gasteiger partial charge in [0.05, 0.1) is 16.8 Å². The van der Waals surface area contributed by atoms with Crippen molar-refractivity contribution in [1.82, 2.24) is 9.88 Å². The molecule has 8 heteroatoms. The van der Waals surface area contributed by atoms with Gasteiger partial charge in [-0.2, -0.15) is 5.26 Å². The first kappa shape index (κ1) is 21.0. The van der Waals surface area contributed by atoms with E-state index < -0.39 is 0 Å². The number of nitriles is 1. The Balaban J connectivity index is 1.49. The van der Waals surface area contributed by atoms with Crippen LogP contribution in [-0.2, 0) is 9.59 Å². The molecular weight excluding hydrogens is 397 g/mol. The van der Waals surface area contributed by atoms with Gasteiger partial charge in [-0.1, -0.05) is 0 Å². The first-order valence-electron chi connectivity index (χ1n) is 10.7. The number of benzene rings is 1. The molecule has 2 aliphatic heterocycles. The van der Waals surface area contributed by atoms with Crippen LogP contribution in [0.3, 0.4) is 0 Å². The smallest absolute Gasteiger partial charge is 0.225 e. The number of fused-ring (bicyclic) bond motifs is 1. The highest BCUT2D eigenvalue weighted by molar-refractivity contribution is 5.96. The van der Waals surface area contributed by atoms with Crippen molar-refractivity contribution in [2.45, 2.75) is 32.6 Å². The number of primary amides is 1. The molecule has 0 aliphatic carbocycles. The molecule has 162 valence electrons. The summed E-state index contributed by atoms with van der Waals surface area (Å²) < 4.78 is 14.1. The Bertz CT molecular complexity index is 1060. The SMILES string of the molecule is Cc1cc(F)cc2c(N3CCC(C(=O)N4CCC(C(N)=O)CC4)CC3)c(C#N)cnc12. The zero-order chi connectivity index (χ0) is 22.1.